The van der Waals surface area contributed by atoms with Gasteiger partial charge in [0.2, 0.25) is 0 Å². The summed E-state index contributed by atoms with van der Waals surface area (Å²) in [5.41, 5.74) is 4.02. The maximum atomic E-state index is 13.1. The van der Waals surface area contributed by atoms with Crippen molar-refractivity contribution < 1.29 is 13.9 Å². The standard InChI is InChI=1S/C22H24N2O3/c1-16-6-5-7-17(14-16)23-10-12-24(13-11-23)22(25)21-19(15-26-2)18-8-3-4-9-20(18)27-21/h3-9,14H,10-13,15H2,1-2H3. The molecule has 3 aromatic rings. The number of furan rings is 1. The Morgan fingerprint density at radius 2 is 1.85 bits per heavy atom. The number of ether oxygens (including phenoxy) is 1. The summed E-state index contributed by atoms with van der Waals surface area (Å²) < 4.78 is 11.2. The molecule has 5 heteroatoms. The van der Waals surface area contributed by atoms with Crippen LogP contribution in [0.25, 0.3) is 11.0 Å². The van der Waals surface area contributed by atoms with Crippen LogP contribution < -0.4 is 4.90 Å². The summed E-state index contributed by atoms with van der Waals surface area (Å²) in [6.45, 7) is 5.44. The molecule has 1 fully saturated rings. The van der Waals surface area contributed by atoms with Gasteiger partial charge in [0, 0.05) is 49.9 Å². The lowest BCUT2D eigenvalue weighted by atomic mass is 10.1. The third-order valence-electron chi connectivity index (χ3n) is 5.11. The zero-order chi connectivity index (χ0) is 18.8. The van der Waals surface area contributed by atoms with Crippen LogP contribution in [-0.2, 0) is 11.3 Å². The summed E-state index contributed by atoms with van der Waals surface area (Å²) in [5.74, 6) is 0.351. The van der Waals surface area contributed by atoms with Gasteiger partial charge in [0.1, 0.15) is 5.58 Å². The Labute approximate surface area is 159 Å². The van der Waals surface area contributed by atoms with Crippen LogP contribution in [0.1, 0.15) is 21.7 Å². The van der Waals surface area contributed by atoms with E-state index in [9.17, 15) is 4.79 Å². The number of carbonyl (C=O) groups excluding carboxylic acids is 1. The van der Waals surface area contributed by atoms with Gasteiger partial charge in [-0.05, 0) is 30.7 Å². The van der Waals surface area contributed by atoms with Crippen LogP contribution in [0, 0.1) is 6.92 Å². The molecule has 27 heavy (non-hydrogen) atoms. The number of para-hydroxylation sites is 1. The van der Waals surface area contributed by atoms with Gasteiger partial charge in [-0.1, -0.05) is 30.3 Å². The Balaban J connectivity index is 1.53. The molecule has 5 nitrogen and oxygen atoms in total. The average Bonchev–Trinajstić information content (AvgIpc) is 3.07. The van der Waals surface area contributed by atoms with Gasteiger partial charge in [-0.25, -0.2) is 0 Å². The van der Waals surface area contributed by atoms with Crippen molar-refractivity contribution in [1.82, 2.24) is 4.90 Å². The fourth-order valence-electron chi connectivity index (χ4n) is 3.70. The van der Waals surface area contributed by atoms with E-state index in [1.165, 1.54) is 11.3 Å². The van der Waals surface area contributed by atoms with Gasteiger partial charge >= 0.3 is 0 Å². The van der Waals surface area contributed by atoms with Crippen LogP contribution in [-0.4, -0.2) is 44.1 Å². The highest BCUT2D eigenvalue weighted by Crippen LogP contribution is 2.28. The Hall–Kier alpha value is -2.79. The molecule has 0 spiro atoms. The number of amides is 1. The third-order valence-corrected chi connectivity index (χ3v) is 5.11. The van der Waals surface area contributed by atoms with Crippen molar-refractivity contribution in [2.75, 3.05) is 38.2 Å². The molecule has 1 aliphatic rings. The quantitative estimate of drug-likeness (QED) is 0.705. The Morgan fingerprint density at radius 1 is 1.07 bits per heavy atom. The maximum absolute atomic E-state index is 13.1. The molecular formula is C22H24N2O3. The highest BCUT2D eigenvalue weighted by atomic mass is 16.5. The first-order chi connectivity index (χ1) is 13.2. The number of hydrogen-bond donors (Lipinski definition) is 0. The second-order valence-corrected chi connectivity index (χ2v) is 6.96. The second-order valence-electron chi connectivity index (χ2n) is 6.96. The minimum Gasteiger partial charge on any atom is -0.451 e. The van der Waals surface area contributed by atoms with Crippen LogP contribution in [0.15, 0.2) is 52.9 Å². The molecular weight excluding hydrogens is 340 g/mol. The summed E-state index contributed by atoms with van der Waals surface area (Å²) in [4.78, 5) is 17.3. The van der Waals surface area contributed by atoms with E-state index in [0.717, 1.165) is 29.6 Å². The van der Waals surface area contributed by atoms with Crippen LogP contribution in [0.3, 0.4) is 0 Å². The molecule has 0 unspecified atom stereocenters. The monoisotopic (exact) mass is 364 g/mol. The van der Waals surface area contributed by atoms with Crippen molar-refractivity contribution in [3.05, 3.63) is 65.4 Å². The minimum absolute atomic E-state index is 0.0536. The number of fused-ring (bicyclic) bond motifs is 1. The van der Waals surface area contributed by atoms with Crippen LogP contribution in [0.4, 0.5) is 5.69 Å². The zero-order valence-corrected chi connectivity index (χ0v) is 15.8. The normalized spacial score (nSPS) is 14.7. The van der Waals surface area contributed by atoms with Crippen molar-refractivity contribution in [3.63, 3.8) is 0 Å². The van der Waals surface area contributed by atoms with E-state index in [2.05, 4.69) is 36.1 Å². The van der Waals surface area contributed by atoms with Crippen molar-refractivity contribution in [2.45, 2.75) is 13.5 Å². The van der Waals surface area contributed by atoms with E-state index >= 15 is 0 Å². The summed E-state index contributed by atoms with van der Waals surface area (Å²) in [7, 11) is 1.64. The van der Waals surface area contributed by atoms with Gasteiger partial charge < -0.3 is 19.0 Å². The Morgan fingerprint density at radius 3 is 2.59 bits per heavy atom. The first-order valence-corrected chi connectivity index (χ1v) is 9.27. The van der Waals surface area contributed by atoms with E-state index in [1.54, 1.807) is 7.11 Å². The van der Waals surface area contributed by atoms with Gasteiger partial charge in [-0.3, -0.25) is 4.79 Å². The summed E-state index contributed by atoms with van der Waals surface area (Å²) in [6, 6.07) is 16.2. The zero-order valence-electron chi connectivity index (χ0n) is 15.8. The summed E-state index contributed by atoms with van der Waals surface area (Å²) >= 11 is 0. The number of nitrogens with zero attached hydrogens (tertiary/aromatic N) is 2. The molecule has 1 aliphatic heterocycles. The van der Waals surface area contributed by atoms with E-state index in [4.69, 9.17) is 9.15 Å². The molecule has 1 amide bonds. The second kappa shape index (κ2) is 7.45. The molecule has 1 saturated heterocycles. The smallest absolute Gasteiger partial charge is 0.290 e. The molecule has 2 aromatic carbocycles. The first-order valence-electron chi connectivity index (χ1n) is 9.27. The van der Waals surface area contributed by atoms with Crippen molar-refractivity contribution in [1.29, 1.82) is 0 Å². The minimum atomic E-state index is -0.0536. The van der Waals surface area contributed by atoms with Crippen molar-refractivity contribution in [3.8, 4) is 0 Å². The number of rotatable bonds is 4. The molecule has 0 radical (unpaired) electrons. The Kier molecular flexibility index (Phi) is 4.86. The molecule has 4 rings (SSSR count). The Bertz CT molecular complexity index is 955. The van der Waals surface area contributed by atoms with Crippen molar-refractivity contribution in [2.24, 2.45) is 0 Å². The number of anilines is 1. The number of carbonyl (C=O) groups is 1. The van der Waals surface area contributed by atoms with Gasteiger partial charge in [0.05, 0.1) is 6.61 Å². The van der Waals surface area contributed by atoms with E-state index in [0.29, 0.717) is 25.5 Å². The fraction of sp³-hybridized carbons (Fsp3) is 0.318. The number of benzene rings is 2. The van der Waals surface area contributed by atoms with Gasteiger partial charge in [-0.2, -0.15) is 0 Å². The highest BCUT2D eigenvalue weighted by Gasteiger charge is 2.28. The molecule has 0 aliphatic carbocycles. The molecule has 1 aromatic heterocycles. The number of methoxy groups -OCH3 is 1. The highest BCUT2D eigenvalue weighted by molar-refractivity contribution is 5.99. The van der Waals surface area contributed by atoms with Crippen molar-refractivity contribution >= 4 is 22.6 Å². The summed E-state index contributed by atoms with van der Waals surface area (Å²) in [6.07, 6.45) is 0. The molecule has 2 heterocycles. The lowest BCUT2D eigenvalue weighted by Gasteiger charge is -2.36. The number of piperazine rings is 1. The average molecular weight is 364 g/mol. The van der Waals surface area contributed by atoms with Gasteiger partial charge in [-0.15, -0.1) is 0 Å². The molecule has 0 bridgehead atoms. The molecule has 140 valence electrons. The predicted molar refractivity (Wildman–Crippen MR) is 106 cm³/mol. The maximum Gasteiger partial charge on any atom is 0.290 e. The lowest BCUT2D eigenvalue weighted by Crippen LogP contribution is -2.48. The molecule has 0 N–H and O–H groups in total. The molecule has 0 atom stereocenters. The largest absolute Gasteiger partial charge is 0.451 e. The van der Waals surface area contributed by atoms with Crippen LogP contribution in [0.2, 0.25) is 0 Å². The van der Waals surface area contributed by atoms with Gasteiger partial charge in [0.25, 0.3) is 5.91 Å². The van der Waals surface area contributed by atoms with Crippen LogP contribution in [0.5, 0.6) is 0 Å². The van der Waals surface area contributed by atoms with E-state index in [-0.39, 0.29) is 5.91 Å². The van der Waals surface area contributed by atoms with E-state index in [1.807, 2.05) is 29.2 Å². The lowest BCUT2D eigenvalue weighted by molar-refractivity contribution is 0.0710. The fourth-order valence-corrected chi connectivity index (χ4v) is 3.70. The predicted octanol–water partition coefficient (Wildman–Crippen LogP) is 3.85. The SMILES string of the molecule is COCc1c(C(=O)N2CCN(c3cccc(C)c3)CC2)oc2ccccc12. The van der Waals surface area contributed by atoms with E-state index < -0.39 is 0 Å². The molecule has 0 saturated carbocycles. The topological polar surface area (TPSA) is 45.9 Å². The number of aryl methyl sites for hydroxylation is 1. The summed E-state index contributed by atoms with van der Waals surface area (Å²) in [5, 5.41) is 0.945. The van der Waals surface area contributed by atoms with Crippen LogP contribution >= 0.6 is 0 Å². The number of hydrogen-bond acceptors (Lipinski definition) is 4. The third kappa shape index (κ3) is 3.43. The first kappa shape index (κ1) is 17.6. The van der Waals surface area contributed by atoms with Gasteiger partial charge in [0.15, 0.2) is 5.76 Å².